The number of hydrazine groups is 1. The Balaban J connectivity index is 3.35. The van der Waals surface area contributed by atoms with Crippen LogP contribution >= 0.6 is 32.4 Å². The number of hydrogen-bond acceptors (Lipinski definition) is 3. The smallest absolute Gasteiger partial charge is 0.377 e. The molecule has 2 N–H and O–H groups in total. The molecule has 0 saturated carbocycles. The molecule has 0 aliphatic heterocycles. The van der Waals surface area contributed by atoms with Crippen LogP contribution in [0.15, 0.2) is 0 Å². The molecule has 0 rings (SSSR count). The highest BCUT2D eigenvalue weighted by Gasteiger charge is 2.00. The molecule has 0 spiro atoms. The second-order valence-electron chi connectivity index (χ2n) is 0.750. The molecule has 0 fully saturated rings. The van der Waals surface area contributed by atoms with Gasteiger partial charge < -0.3 is 3.07 Å². The number of nitrogens with zero attached hydrogens (tertiary/aromatic N) is 1. The van der Waals surface area contributed by atoms with Crippen LogP contribution in [-0.2, 0) is 3.07 Å². The third-order valence-electron chi connectivity index (χ3n) is 0.277. The van der Waals surface area contributed by atoms with Gasteiger partial charge in [0.15, 0.2) is 23.0 Å². The summed E-state index contributed by atoms with van der Waals surface area (Å²) in [5, 5.41) is 0. The van der Waals surface area contributed by atoms with Crippen molar-refractivity contribution in [2.45, 2.75) is 0 Å². The van der Waals surface area contributed by atoms with Gasteiger partial charge in [-0.3, -0.25) is 0 Å². The van der Waals surface area contributed by atoms with E-state index in [9.17, 15) is 4.79 Å². The third-order valence-corrected chi connectivity index (χ3v) is 0.864. The molecule has 0 aliphatic rings. The van der Waals surface area contributed by atoms with E-state index in [1.54, 1.807) is 0 Å². The maximum absolute atomic E-state index is 10.1. The van der Waals surface area contributed by atoms with Crippen LogP contribution in [0.1, 0.15) is 0 Å². The predicted molar refractivity (Wildman–Crippen MR) is 36.2 cm³/mol. The van der Waals surface area contributed by atoms with Crippen LogP contribution < -0.4 is 5.84 Å². The van der Waals surface area contributed by atoms with E-state index in [4.69, 9.17) is 5.84 Å². The minimum Gasteiger partial charge on any atom is -0.377 e. The summed E-state index contributed by atoms with van der Waals surface area (Å²) in [6, 6.07) is 0. The van der Waals surface area contributed by atoms with Gasteiger partial charge in [0.1, 0.15) is 0 Å². The lowest BCUT2D eigenvalue weighted by atomic mass is 11.3. The Morgan fingerprint density at radius 2 is 2.43 bits per heavy atom. The van der Waals surface area contributed by atoms with E-state index in [0.29, 0.717) is 0 Å². The highest BCUT2D eigenvalue weighted by atomic mass is 127. The Morgan fingerprint density at radius 3 is 2.43 bits per heavy atom. The lowest BCUT2D eigenvalue weighted by Gasteiger charge is -2.03. The minimum absolute atomic E-state index is 0.592. The van der Waals surface area contributed by atoms with Crippen LogP contribution in [-0.4, -0.2) is 10.9 Å². The number of carbonyl (C=O) groups excluding carboxylic acids is 1. The molecule has 6 heteroatoms. The maximum Gasteiger partial charge on any atom is 0.436 e. The molecule has 0 saturated heterocycles. The minimum atomic E-state index is -0.592. The Bertz CT molecular complexity index is 76.1. The number of rotatable bonds is 0. The van der Waals surface area contributed by atoms with Crippen LogP contribution in [0, 0.1) is 0 Å². The number of carbonyl (C=O) groups is 1. The number of halogens is 1. The van der Waals surface area contributed by atoms with Crippen molar-refractivity contribution in [1.82, 2.24) is 4.78 Å². The molecule has 0 radical (unpaired) electrons. The van der Waals surface area contributed by atoms with Crippen LogP contribution in [0.3, 0.4) is 0 Å². The Morgan fingerprint density at radius 1 is 2.00 bits per heavy atom. The zero-order valence-corrected chi connectivity index (χ0v) is 6.61. The van der Waals surface area contributed by atoms with Gasteiger partial charge in [-0.2, -0.15) is 0 Å². The molecule has 0 aromatic heterocycles. The van der Waals surface area contributed by atoms with Crippen LogP contribution in [0.2, 0.25) is 0 Å². The standard InChI is InChI=1S/CH4IN2O2P/c2-6-1(5)4(3)7/h3,7H2. The first-order valence-electron chi connectivity index (χ1n) is 1.30. The van der Waals surface area contributed by atoms with Crippen molar-refractivity contribution >= 4 is 38.5 Å². The number of hydrogen-bond donors (Lipinski definition) is 1. The molecule has 1 amide bonds. The summed E-state index contributed by atoms with van der Waals surface area (Å²) in [6.07, 6.45) is -0.592. The van der Waals surface area contributed by atoms with Crippen molar-refractivity contribution in [2.24, 2.45) is 5.84 Å². The topological polar surface area (TPSA) is 55.6 Å². The van der Waals surface area contributed by atoms with Gasteiger partial charge in [-0.25, -0.2) is 15.4 Å². The molecule has 0 aliphatic carbocycles. The molecule has 0 aromatic rings. The van der Waals surface area contributed by atoms with E-state index in [1.807, 2.05) is 9.39 Å². The van der Waals surface area contributed by atoms with E-state index in [-0.39, 0.29) is 0 Å². The van der Waals surface area contributed by atoms with Gasteiger partial charge in [0, 0.05) is 0 Å². The normalized spacial score (nSPS) is 7.86. The third kappa shape index (κ3) is 3.02. The molecule has 4 nitrogen and oxygen atoms in total. The SMILES string of the molecule is NN(P)C(=O)OI. The predicted octanol–water partition coefficient (Wildman–Crippen LogP) is 0.439. The summed E-state index contributed by atoms with van der Waals surface area (Å²) in [5.41, 5.74) is 0. The second kappa shape index (κ2) is 3.40. The van der Waals surface area contributed by atoms with Gasteiger partial charge in [-0.05, 0) is 9.39 Å². The van der Waals surface area contributed by atoms with Crippen LogP contribution in [0.4, 0.5) is 4.79 Å². The summed E-state index contributed by atoms with van der Waals surface area (Å²) in [5.74, 6) is 4.86. The average Bonchev–Trinajstić information content (AvgIpc) is 1.65. The Kier molecular flexibility index (Phi) is 3.59. The van der Waals surface area contributed by atoms with E-state index in [2.05, 4.69) is 3.07 Å². The lowest BCUT2D eigenvalue weighted by molar-refractivity contribution is 0.197. The van der Waals surface area contributed by atoms with Gasteiger partial charge in [0.05, 0.1) is 0 Å². The van der Waals surface area contributed by atoms with E-state index in [0.717, 1.165) is 4.78 Å². The molecule has 0 aromatic carbocycles. The van der Waals surface area contributed by atoms with Gasteiger partial charge in [0.2, 0.25) is 0 Å². The van der Waals surface area contributed by atoms with Gasteiger partial charge in [-0.15, -0.1) is 0 Å². The van der Waals surface area contributed by atoms with Crippen molar-refractivity contribution in [2.75, 3.05) is 0 Å². The van der Waals surface area contributed by atoms with Gasteiger partial charge in [-0.1, -0.05) is 0 Å². The summed E-state index contributed by atoms with van der Waals surface area (Å²) in [6.45, 7) is 0. The van der Waals surface area contributed by atoms with E-state index >= 15 is 0 Å². The zero-order chi connectivity index (χ0) is 5.86. The zero-order valence-electron chi connectivity index (χ0n) is 3.30. The fraction of sp³-hybridized carbons (Fsp3) is 0. The van der Waals surface area contributed by atoms with Crippen molar-refractivity contribution in [3.8, 4) is 0 Å². The molecular weight excluding hydrogens is 230 g/mol. The van der Waals surface area contributed by atoms with Gasteiger partial charge >= 0.3 is 6.09 Å². The summed E-state index contributed by atoms with van der Waals surface area (Å²) in [4.78, 5) is 10.1. The Hall–Kier alpha value is 0.390. The largest absolute Gasteiger partial charge is 0.436 e. The highest BCUT2D eigenvalue weighted by Crippen LogP contribution is 1.96. The van der Waals surface area contributed by atoms with Gasteiger partial charge in [0.25, 0.3) is 0 Å². The fourth-order valence-electron chi connectivity index (χ4n) is 0.0398. The van der Waals surface area contributed by atoms with Crippen molar-refractivity contribution in [1.29, 1.82) is 0 Å². The van der Waals surface area contributed by atoms with Crippen molar-refractivity contribution < 1.29 is 7.86 Å². The quantitative estimate of drug-likeness (QED) is 0.217. The summed E-state index contributed by atoms with van der Waals surface area (Å²) in [7, 11) is 1.95. The highest BCUT2D eigenvalue weighted by molar-refractivity contribution is 14.1. The second-order valence-corrected chi connectivity index (χ2v) is 1.75. The Labute approximate surface area is 57.3 Å². The molecule has 0 heterocycles. The first kappa shape index (κ1) is 7.39. The van der Waals surface area contributed by atoms with Crippen LogP contribution in [0.25, 0.3) is 0 Å². The first-order valence-corrected chi connectivity index (χ1v) is 2.70. The summed E-state index contributed by atoms with van der Waals surface area (Å²) < 4.78 is 4.89. The number of amides is 1. The molecule has 1 unspecified atom stereocenters. The average molecular weight is 234 g/mol. The van der Waals surface area contributed by atoms with E-state index in [1.165, 1.54) is 23.0 Å². The molecule has 1 atom stereocenters. The lowest BCUT2D eigenvalue weighted by Crippen LogP contribution is -2.25. The molecule has 0 bridgehead atoms. The molecular formula is CH4IN2O2P. The monoisotopic (exact) mass is 234 g/mol. The summed E-state index contributed by atoms with van der Waals surface area (Å²) >= 11 is 1.44. The first-order chi connectivity index (χ1) is 3.18. The molecule has 7 heavy (non-hydrogen) atoms. The van der Waals surface area contributed by atoms with Crippen LogP contribution in [0.5, 0.6) is 0 Å². The number of nitrogens with two attached hydrogens (primary N) is 1. The van der Waals surface area contributed by atoms with Crippen molar-refractivity contribution in [3.63, 3.8) is 0 Å². The maximum atomic E-state index is 10.1. The van der Waals surface area contributed by atoms with E-state index < -0.39 is 6.09 Å². The fourth-order valence-corrected chi connectivity index (χ4v) is 0.535. The van der Waals surface area contributed by atoms with Crippen molar-refractivity contribution in [3.05, 3.63) is 0 Å². The molecule has 42 valence electrons.